The van der Waals surface area contributed by atoms with E-state index in [1.165, 1.54) is 44.9 Å². The molecule has 2 N–H and O–H groups in total. The zero-order chi connectivity index (χ0) is 9.64. The lowest BCUT2D eigenvalue weighted by atomic mass is 9.95. The third kappa shape index (κ3) is 3.10. The van der Waals surface area contributed by atoms with Crippen LogP contribution in [0, 0.1) is 0 Å². The molecular formula is C12H22N2. The first-order chi connectivity index (χ1) is 6.95. The fourth-order valence-electron chi connectivity index (χ4n) is 2.47. The van der Waals surface area contributed by atoms with E-state index in [0.29, 0.717) is 6.17 Å². The van der Waals surface area contributed by atoms with Crippen molar-refractivity contribution in [2.45, 2.75) is 57.2 Å². The molecule has 1 heterocycles. The summed E-state index contributed by atoms with van der Waals surface area (Å²) < 4.78 is 0. The Morgan fingerprint density at radius 3 is 2.71 bits per heavy atom. The Balaban J connectivity index is 1.72. The zero-order valence-corrected chi connectivity index (χ0v) is 8.97. The van der Waals surface area contributed by atoms with Gasteiger partial charge in [-0.1, -0.05) is 31.4 Å². The summed E-state index contributed by atoms with van der Waals surface area (Å²) in [5, 5.41) is 7.28. The molecule has 2 aliphatic rings. The maximum absolute atomic E-state index is 3.75. The van der Waals surface area contributed by atoms with Crippen LogP contribution in [-0.2, 0) is 0 Å². The molecule has 1 aliphatic carbocycles. The van der Waals surface area contributed by atoms with Crippen LogP contribution in [0.2, 0.25) is 0 Å². The van der Waals surface area contributed by atoms with Crippen LogP contribution in [0.25, 0.3) is 0 Å². The first-order valence-electron chi connectivity index (χ1n) is 6.09. The summed E-state index contributed by atoms with van der Waals surface area (Å²) in [5.74, 6) is 0. The van der Waals surface area contributed by atoms with Gasteiger partial charge in [0.05, 0.1) is 6.17 Å². The molecule has 2 heteroatoms. The van der Waals surface area contributed by atoms with E-state index < -0.39 is 0 Å². The molecule has 1 unspecified atom stereocenters. The second-order valence-electron chi connectivity index (χ2n) is 4.51. The molecule has 1 saturated carbocycles. The SMILES string of the molecule is C1=CCNC(NC2CCCCC2)CC1. The lowest BCUT2D eigenvalue weighted by molar-refractivity contribution is 0.306. The number of hydrogen-bond donors (Lipinski definition) is 2. The van der Waals surface area contributed by atoms with Gasteiger partial charge in [0, 0.05) is 12.6 Å². The van der Waals surface area contributed by atoms with Gasteiger partial charge in [-0.05, 0) is 25.7 Å². The average Bonchev–Trinajstić information content (AvgIpc) is 2.48. The number of allylic oxidation sites excluding steroid dienone is 1. The first kappa shape index (κ1) is 10.2. The standard InChI is InChI=1S/C12H22N2/c1-3-7-11(8-4-1)14-12-9-5-2-6-10-13-12/h2,6,11-14H,1,3-5,7-10H2. The average molecular weight is 194 g/mol. The summed E-state index contributed by atoms with van der Waals surface area (Å²) in [6, 6.07) is 0.777. The Labute approximate surface area is 87.2 Å². The summed E-state index contributed by atoms with van der Waals surface area (Å²) in [6.07, 6.45) is 14.6. The molecule has 2 rings (SSSR count). The smallest absolute Gasteiger partial charge is 0.0579 e. The highest BCUT2D eigenvalue weighted by atomic mass is 15.1. The Morgan fingerprint density at radius 2 is 1.86 bits per heavy atom. The number of hydrogen-bond acceptors (Lipinski definition) is 2. The molecule has 1 aliphatic heterocycles. The van der Waals surface area contributed by atoms with Crippen LogP contribution in [0.1, 0.15) is 44.9 Å². The van der Waals surface area contributed by atoms with Crippen molar-refractivity contribution in [3.8, 4) is 0 Å². The van der Waals surface area contributed by atoms with Gasteiger partial charge < -0.3 is 0 Å². The van der Waals surface area contributed by atoms with E-state index in [2.05, 4.69) is 22.8 Å². The molecule has 0 saturated heterocycles. The Kier molecular flexibility index (Phi) is 4.02. The van der Waals surface area contributed by atoms with Gasteiger partial charge in [0.1, 0.15) is 0 Å². The van der Waals surface area contributed by atoms with E-state index in [-0.39, 0.29) is 0 Å². The second-order valence-corrected chi connectivity index (χ2v) is 4.51. The quantitative estimate of drug-likeness (QED) is 0.658. The second kappa shape index (κ2) is 5.52. The van der Waals surface area contributed by atoms with Crippen molar-refractivity contribution in [2.24, 2.45) is 0 Å². The van der Waals surface area contributed by atoms with Crippen LogP contribution < -0.4 is 10.6 Å². The van der Waals surface area contributed by atoms with E-state index in [9.17, 15) is 0 Å². The number of rotatable bonds is 2. The summed E-state index contributed by atoms with van der Waals surface area (Å²) in [5.41, 5.74) is 0. The Bertz CT molecular complexity index is 173. The minimum atomic E-state index is 0.549. The predicted octanol–water partition coefficient (Wildman–Crippen LogP) is 2.17. The minimum Gasteiger partial charge on any atom is -0.299 e. The van der Waals surface area contributed by atoms with E-state index in [1.807, 2.05) is 0 Å². The van der Waals surface area contributed by atoms with E-state index in [0.717, 1.165) is 12.6 Å². The summed E-state index contributed by atoms with van der Waals surface area (Å²) in [6.45, 7) is 1.03. The van der Waals surface area contributed by atoms with Crippen LogP contribution in [-0.4, -0.2) is 18.8 Å². The van der Waals surface area contributed by atoms with Gasteiger partial charge in [0.25, 0.3) is 0 Å². The van der Waals surface area contributed by atoms with Crippen LogP contribution >= 0.6 is 0 Å². The monoisotopic (exact) mass is 194 g/mol. The maximum atomic E-state index is 3.75. The van der Waals surface area contributed by atoms with Gasteiger partial charge in [0.2, 0.25) is 0 Å². The molecule has 0 radical (unpaired) electrons. The molecule has 2 nitrogen and oxygen atoms in total. The molecule has 0 bridgehead atoms. The van der Waals surface area contributed by atoms with Crippen molar-refractivity contribution >= 4 is 0 Å². The topological polar surface area (TPSA) is 24.1 Å². The summed E-state index contributed by atoms with van der Waals surface area (Å²) in [4.78, 5) is 0. The summed E-state index contributed by atoms with van der Waals surface area (Å²) >= 11 is 0. The highest BCUT2D eigenvalue weighted by Crippen LogP contribution is 2.18. The van der Waals surface area contributed by atoms with Crippen molar-refractivity contribution in [3.63, 3.8) is 0 Å². The third-order valence-corrected chi connectivity index (χ3v) is 3.31. The van der Waals surface area contributed by atoms with Crippen LogP contribution in [0.5, 0.6) is 0 Å². The van der Waals surface area contributed by atoms with Gasteiger partial charge in [-0.15, -0.1) is 0 Å². The predicted molar refractivity (Wildman–Crippen MR) is 60.2 cm³/mol. The summed E-state index contributed by atoms with van der Waals surface area (Å²) in [7, 11) is 0. The normalized spacial score (nSPS) is 30.1. The molecule has 14 heavy (non-hydrogen) atoms. The van der Waals surface area contributed by atoms with Gasteiger partial charge in [0.15, 0.2) is 0 Å². The fourth-order valence-corrected chi connectivity index (χ4v) is 2.47. The van der Waals surface area contributed by atoms with Gasteiger partial charge in [-0.2, -0.15) is 0 Å². The van der Waals surface area contributed by atoms with Crippen molar-refractivity contribution in [2.75, 3.05) is 6.54 Å². The first-order valence-corrected chi connectivity index (χ1v) is 6.09. The Hall–Kier alpha value is -0.340. The van der Waals surface area contributed by atoms with Gasteiger partial charge >= 0.3 is 0 Å². The molecular weight excluding hydrogens is 172 g/mol. The van der Waals surface area contributed by atoms with Crippen molar-refractivity contribution in [3.05, 3.63) is 12.2 Å². The highest BCUT2D eigenvalue weighted by Gasteiger charge is 2.17. The maximum Gasteiger partial charge on any atom is 0.0579 e. The van der Waals surface area contributed by atoms with Gasteiger partial charge in [-0.3, -0.25) is 10.6 Å². The van der Waals surface area contributed by atoms with Crippen LogP contribution in [0.3, 0.4) is 0 Å². The molecule has 1 atom stereocenters. The van der Waals surface area contributed by atoms with Crippen LogP contribution in [0.15, 0.2) is 12.2 Å². The zero-order valence-electron chi connectivity index (χ0n) is 8.97. The van der Waals surface area contributed by atoms with E-state index in [1.54, 1.807) is 0 Å². The molecule has 0 aromatic rings. The highest BCUT2D eigenvalue weighted by molar-refractivity contribution is 4.90. The van der Waals surface area contributed by atoms with Gasteiger partial charge in [-0.25, -0.2) is 0 Å². The molecule has 80 valence electrons. The molecule has 1 fully saturated rings. The minimum absolute atomic E-state index is 0.549. The molecule has 0 amide bonds. The van der Waals surface area contributed by atoms with E-state index in [4.69, 9.17) is 0 Å². The fraction of sp³-hybridized carbons (Fsp3) is 0.833. The third-order valence-electron chi connectivity index (χ3n) is 3.31. The lowest BCUT2D eigenvalue weighted by Gasteiger charge is -2.28. The lowest BCUT2D eigenvalue weighted by Crippen LogP contribution is -2.47. The Morgan fingerprint density at radius 1 is 1.00 bits per heavy atom. The van der Waals surface area contributed by atoms with E-state index >= 15 is 0 Å². The van der Waals surface area contributed by atoms with Crippen LogP contribution in [0.4, 0.5) is 0 Å². The van der Waals surface area contributed by atoms with Crippen molar-refractivity contribution in [1.29, 1.82) is 0 Å². The molecule has 0 spiro atoms. The largest absolute Gasteiger partial charge is 0.299 e. The molecule has 0 aromatic heterocycles. The van der Waals surface area contributed by atoms with Crippen molar-refractivity contribution in [1.82, 2.24) is 10.6 Å². The van der Waals surface area contributed by atoms with Crippen molar-refractivity contribution < 1.29 is 0 Å². The molecule has 0 aromatic carbocycles. The number of nitrogens with one attached hydrogen (secondary N) is 2.